The molecule has 3 aromatic rings. The van der Waals surface area contributed by atoms with Gasteiger partial charge in [0, 0.05) is 6.20 Å². The van der Waals surface area contributed by atoms with Gasteiger partial charge in [0.2, 0.25) is 0 Å². The molecule has 7 nitrogen and oxygen atoms in total. The monoisotopic (exact) mass is 273 g/mol. The maximum atomic E-state index is 13.9. The van der Waals surface area contributed by atoms with Crippen molar-refractivity contribution in [2.24, 2.45) is 0 Å². The van der Waals surface area contributed by atoms with Gasteiger partial charge in [-0.15, -0.1) is 5.10 Å². The normalized spacial score (nSPS) is 12.3. The van der Waals surface area contributed by atoms with E-state index in [0.29, 0.717) is 11.4 Å². The highest BCUT2D eigenvalue weighted by Gasteiger charge is 2.11. The molecular formula is C12H12FN7. The standard InChI is InChI=1S/C12H12FN7/c1-8(11-4-5-14-17-11)16-12-6-9(2-3-10(12)13)20-7-15-18-19-20/h2-8,16H,1H3,(H,14,17). The summed E-state index contributed by atoms with van der Waals surface area (Å²) in [6.45, 7) is 1.91. The second-order valence-corrected chi connectivity index (χ2v) is 4.30. The average molecular weight is 273 g/mol. The van der Waals surface area contributed by atoms with Gasteiger partial charge in [0.1, 0.15) is 12.1 Å². The van der Waals surface area contributed by atoms with Gasteiger partial charge in [0.15, 0.2) is 0 Å². The largest absolute Gasteiger partial charge is 0.375 e. The molecule has 0 amide bonds. The van der Waals surface area contributed by atoms with Crippen molar-refractivity contribution in [3.8, 4) is 5.69 Å². The molecule has 3 rings (SSSR count). The van der Waals surface area contributed by atoms with Crippen molar-refractivity contribution in [1.82, 2.24) is 30.4 Å². The van der Waals surface area contributed by atoms with Crippen LogP contribution in [0.4, 0.5) is 10.1 Å². The molecule has 0 radical (unpaired) electrons. The number of nitrogens with zero attached hydrogens (tertiary/aromatic N) is 5. The van der Waals surface area contributed by atoms with Crippen molar-refractivity contribution >= 4 is 5.69 Å². The van der Waals surface area contributed by atoms with E-state index in [2.05, 4.69) is 31.0 Å². The third-order valence-corrected chi connectivity index (χ3v) is 2.92. The highest BCUT2D eigenvalue weighted by molar-refractivity contribution is 5.52. The fourth-order valence-electron chi connectivity index (χ4n) is 1.86. The zero-order chi connectivity index (χ0) is 13.9. The molecule has 8 heteroatoms. The number of hydrogen-bond acceptors (Lipinski definition) is 5. The van der Waals surface area contributed by atoms with Gasteiger partial charge in [0.05, 0.1) is 23.1 Å². The second kappa shape index (κ2) is 5.08. The predicted octanol–water partition coefficient (Wildman–Crippen LogP) is 1.70. The van der Waals surface area contributed by atoms with Gasteiger partial charge in [-0.25, -0.2) is 9.07 Å². The lowest BCUT2D eigenvalue weighted by Gasteiger charge is -2.15. The van der Waals surface area contributed by atoms with Crippen molar-refractivity contribution < 1.29 is 4.39 Å². The van der Waals surface area contributed by atoms with Crippen LogP contribution in [-0.4, -0.2) is 30.4 Å². The Morgan fingerprint density at radius 1 is 1.35 bits per heavy atom. The van der Waals surface area contributed by atoms with E-state index in [4.69, 9.17) is 0 Å². The zero-order valence-corrected chi connectivity index (χ0v) is 10.7. The summed E-state index contributed by atoms with van der Waals surface area (Å²) in [5, 5.41) is 20.7. The number of rotatable bonds is 4. The van der Waals surface area contributed by atoms with Gasteiger partial charge in [-0.05, 0) is 41.6 Å². The SMILES string of the molecule is CC(Nc1cc(-n2cnnn2)ccc1F)c1ccn[nH]1. The number of aromatic nitrogens is 6. The molecule has 2 aromatic heterocycles. The van der Waals surface area contributed by atoms with Crippen LogP contribution in [0.25, 0.3) is 5.69 Å². The van der Waals surface area contributed by atoms with Crippen molar-refractivity contribution in [2.75, 3.05) is 5.32 Å². The van der Waals surface area contributed by atoms with Crippen molar-refractivity contribution in [3.05, 3.63) is 48.3 Å². The Morgan fingerprint density at radius 3 is 2.95 bits per heavy atom. The zero-order valence-electron chi connectivity index (χ0n) is 10.7. The molecule has 0 spiro atoms. The molecule has 0 fully saturated rings. The number of anilines is 1. The van der Waals surface area contributed by atoms with E-state index in [1.54, 1.807) is 18.3 Å². The second-order valence-electron chi connectivity index (χ2n) is 4.30. The Labute approximate surface area is 113 Å². The van der Waals surface area contributed by atoms with Gasteiger partial charge >= 0.3 is 0 Å². The Balaban J connectivity index is 1.87. The van der Waals surface area contributed by atoms with E-state index in [0.717, 1.165) is 5.69 Å². The number of aromatic amines is 1. The molecule has 2 N–H and O–H groups in total. The number of nitrogens with one attached hydrogen (secondary N) is 2. The first kappa shape index (κ1) is 12.3. The number of benzene rings is 1. The highest BCUT2D eigenvalue weighted by Crippen LogP contribution is 2.22. The number of tetrazole rings is 1. The van der Waals surface area contributed by atoms with E-state index in [1.807, 2.05) is 13.0 Å². The molecule has 0 bridgehead atoms. The molecule has 0 saturated carbocycles. The Hall–Kier alpha value is -2.77. The summed E-state index contributed by atoms with van der Waals surface area (Å²) in [6.07, 6.45) is 3.11. The predicted molar refractivity (Wildman–Crippen MR) is 69.7 cm³/mol. The summed E-state index contributed by atoms with van der Waals surface area (Å²) >= 11 is 0. The molecule has 1 unspecified atom stereocenters. The lowest BCUT2D eigenvalue weighted by Crippen LogP contribution is -2.09. The molecule has 2 heterocycles. The first-order chi connectivity index (χ1) is 9.74. The smallest absolute Gasteiger partial charge is 0.146 e. The summed E-state index contributed by atoms with van der Waals surface area (Å²) in [7, 11) is 0. The van der Waals surface area contributed by atoms with Crippen LogP contribution in [0.1, 0.15) is 18.7 Å². The lowest BCUT2D eigenvalue weighted by molar-refractivity contribution is 0.625. The fourth-order valence-corrected chi connectivity index (χ4v) is 1.86. The maximum Gasteiger partial charge on any atom is 0.146 e. The first-order valence-electron chi connectivity index (χ1n) is 6.03. The van der Waals surface area contributed by atoms with Gasteiger partial charge in [-0.3, -0.25) is 5.10 Å². The van der Waals surface area contributed by atoms with Gasteiger partial charge in [-0.1, -0.05) is 0 Å². The summed E-state index contributed by atoms with van der Waals surface area (Å²) in [4.78, 5) is 0. The Morgan fingerprint density at radius 2 is 2.25 bits per heavy atom. The van der Waals surface area contributed by atoms with Crippen LogP contribution in [0.3, 0.4) is 0 Å². The van der Waals surface area contributed by atoms with Crippen LogP contribution < -0.4 is 5.32 Å². The molecule has 0 aliphatic carbocycles. The number of H-pyrrole nitrogens is 1. The summed E-state index contributed by atoms with van der Waals surface area (Å²) in [6, 6.07) is 6.37. The van der Waals surface area contributed by atoms with E-state index < -0.39 is 0 Å². The van der Waals surface area contributed by atoms with Gasteiger partial charge in [0.25, 0.3) is 0 Å². The van der Waals surface area contributed by atoms with Gasteiger partial charge in [-0.2, -0.15) is 5.10 Å². The van der Waals surface area contributed by atoms with E-state index >= 15 is 0 Å². The first-order valence-corrected chi connectivity index (χ1v) is 6.03. The molecule has 0 aliphatic rings. The molecular weight excluding hydrogens is 261 g/mol. The Kier molecular flexibility index (Phi) is 3.12. The molecule has 20 heavy (non-hydrogen) atoms. The van der Waals surface area contributed by atoms with E-state index in [1.165, 1.54) is 17.1 Å². The number of hydrogen-bond donors (Lipinski definition) is 2. The molecule has 102 valence electrons. The summed E-state index contributed by atoms with van der Waals surface area (Å²) < 4.78 is 15.3. The van der Waals surface area contributed by atoms with Crippen LogP contribution in [-0.2, 0) is 0 Å². The average Bonchev–Trinajstić information content (AvgIpc) is 3.14. The molecule has 1 aromatic carbocycles. The number of halogens is 1. The summed E-state index contributed by atoms with van der Waals surface area (Å²) in [5.74, 6) is -0.340. The lowest BCUT2D eigenvalue weighted by atomic mass is 10.2. The van der Waals surface area contributed by atoms with Crippen molar-refractivity contribution in [3.63, 3.8) is 0 Å². The highest BCUT2D eigenvalue weighted by atomic mass is 19.1. The minimum atomic E-state index is -0.340. The Bertz CT molecular complexity index is 678. The minimum Gasteiger partial charge on any atom is -0.375 e. The third-order valence-electron chi connectivity index (χ3n) is 2.92. The topological polar surface area (TPSA) is 84.3 Å². The maximum absolute atomic E-state index is 13.9. The van der Waals surface area contributed by atoms with E-state index in [-0.39, 0.29) is 11.9 Å². The third kappa shape index (κ3) is 2.35. The van der Waals surface area contributed by atoms with Crippen LogP contribution in [0.15, 0.2) is 36.8 Å². The molecule has 1 atom stereocenters. The fraction of sp³-hybridized carbons (Fsp3) is 0.167. The summed E-state index contributed by atoms with van der Waals surface area (Å²) in [5.41, 5.74) is 1.92. The molecule has 0 saturated heterocycles. The van der Waals surface area contributed by atoms with Crippen LogP contribution in [0.5, 0.6) is 0 Å². The van der Waals surface area contributed by atoms with E-state index in [9.17, 15) is 4.39 Å². The quantitative estimate of drug-likeness (QED) is 0.755. The molecule has 0 aliphatic heterocycles. The minimum absolute atomic E-state index is 0.101. The van der Waals surface area contributed by atoms with Crippen LogP contribution in [0.2, 0.25) is 0 Å². The van der Waals surface area contributed by atoms with Crippen LogP contribution in [0, 0.1) is 5.82 Å². The van der Waals surface area contributed by atoms with Gasteiger partial charge < -0.3 is 5.32 Å². The van der Waals surface area contributed by atoms with Crippen LogP contribution >= 0.6 is 0 Å². The van der Waals surface area contributed by atoms with Crippen molar-refractivity contribution in [1.29, 1.82) is 0 Å². The van der Waals surface area contributed by atoms with Crippen molar-refractivity contribution in [2.45, 2.75) is 13.0 Å².